The van der Waals surface area contributed by atoms with Crippen molar-refractivity contribution < 1.29 is 4.79 Å². The number of aromatic nitrogens is 1. The summed E-state index contributed by atoms with van der Waals surface area (Å²) in [5.41, 5.74) is 2.12. The summed E-state index contributed by atoms with van der Waals surface area (Å²) >= 11 is 1.67. The zero-order valence-corrected chi connectivity index (χ0v) is 14.2. The third-order valence-corrected chi connectivity index (χ3v) is 4.88. The first-order valence-corrected chi connectivity index (χ1v) is 8.88. The quantitative estimate of drug-likeness (QED) is 0.915. The molecule has 0 aliphatic carbocycles. The van der Waals surface area contributed by atoms with Crippen LogP contribution >= 0.6 is 11.3 Å². The number of thiazole rings is 1. The van der Waals surface area contributed by atoms with Crippen LogP contribution in [-0.2, 0) is 11.2 Å². The minimum Gasteiger partial charge on any atom is -0.346 e. The first-order valence-electron chi connectivity index (χ1n) is 8.00. The maximum Gasteiger partial charge on any atom is 0.238 e. The van der Waals surface area contributed by atoms with E-state index < -0.39 is 0 Å². The number of piperazine rings is 1. The summed E-state index contributed by atoms with van der Waals surface area (Å²) < 4.78 is 0. The number of benzene rings is 1. The largest absolute Gasteiger partial charge is 0.346 e. The summed E-state index contributed by atoms with van der Waals surface area (Å²) in [6.07, 6.45) is 2.81. The predicted octanol–water partition coefficient (Wildman–Crippen LogP) is 2.47. The molecule has 1 aliphatic rings. The van der Waals surface area contributed by atoms with E-state index in [1.54, 1.807) is 11.3 Å². The van der Waals surface area contributed by atoms with Crippen LogP contribution in [-0.4, -0.2) is 48.5 Å². The van der Waals surface area contributed by atoms with Crippen LogP contribution in [0.1, 0.15) is 12.5 Å². The number of rotatable bonds is 5. The van der Waals surface area contributed by atoms with Crippen molar-refractivity contribution >= 4 is 28.1 Å². The molecule has 1 N–H and O–H groups in total. The van der Waals surface area contributed by atoms with E-state index in [9.17, 15) is 4.79 Å². The van der Waals surface area contributed by atoms with E-state index in [1.165, 1.54) is 5.56 Å². The summed E-state index contributed by atoms with van der Waals surface area (Å²) in [5.74, 6) is 0.0564. The van der Waals surface area contributed by atoms with Gasteiger partial charge in [-0.1, -0.05) is 19.1 Å². The molecule has 1 aromatic carbocycles. The molecule has 1 amide bonds. The van der Waals surface area contributed by atoms with Crippen LogP contribution in [0.4, 0.5) is 10.8 Å². The van der Waals surface area contributed by atoms with Gasteiger partial charge in [0.05, 0.1) is 6.54 Å². The van der Waals surface area contributed by atoms with Gasteiger partial charge in [-0.2, -0.15) is 0 Å². The van der Waals surface area contributed by atoms with Crippen LogP contribution in [0.25, 0.3) is 0 Å². The zero-order valence-electron chi connectivity index (χ0n) is 13.4. The average molecular weight is 330 g/mol. The molecule has 1 aromatic heterocycles. The minimum absolute atomic E-state index is 0.0564. The normalized spacial score (nSPS) is 15.6. The van der Waals surface area contributed by atoms with E-state index in [0.29, 0.717) is 6.54 Å². The molecule has 122 valence electrons. The van der Waals surface area contributed by atoms with Gasteiger partial charge in [0.25, 0.3) is 0 Å². The second-order valence-corrected chi connectivity index (χ2v) is 6.55. The van der Waals surface area contributed by atoms with E-state index in [0.717, 1.165) is 43.4 Å². The summed E-state index contributed by atoms with van der Waals surface area (Å²) in [7, 11) is 0. The Bertz CT molecular complexity index is 636. The maximum absolute atomic E-state index is 12.2. The molecule has 0 bridgehead atoms. The van der Waals surface area contributed by atoms with E-state index in [1.807, 2.05) is 29.8 Å². The molecule has 23 heavy (non-hydrogen) atoms. The Hall–Kier alpha value is -1.92. The van der Waals surface area contributed by atoms with E-state index in [2.05, 4.69) is 33.1 Å². The highest BCUT2D eigenvalue weighted by Crippen LogP contribution is 2.18. The van der Waals surface area contributed by atoms with Gasteiger partial charge in [0, 0.05) is 43.4 Å². The SMILES string of the molecule is CCc1cccc(NC(=O)CN2CCN(c3nccs3)CC2)c1. The molecule has 1 aliphatic heterocycles. The molecule has 2 aromatic rings. The van der Waals surface area contributed by atoms with Crippen molar-refractivity contribution in [3.05, 3.63) is 41.4 Å². The highest BCUT2D eigenvalue weighted by molar-refractivity contribution is 7.13. The van der Waals surface area contributed by atoms with Gasteiger partial charge in [-0.15, -0.1) is 11.3 Å². The number of hydrogen-bond donors (Lipinski definition) is 1. The monoisotopic (exact) mass is 330 g/mol. The van der Waals surface area contributed by atoms with Crippen molar-refractivity contribution in [2.45, 2.75) is 13.3 Å². The first-order chi connectivity index (χ1) is 11.2. The van der Waals surface area contributed by atoms with E-state index in [4.69, 9.17) is 0 Å². The Morgan fingerprint density at radius 3 is 2.83 bits per heavy atom. The van der Waals surface area contributed by atoms with Crippen LogP contribution in [0.3, 0.4) is 0 Å². The Balaban J connectivity index is 1.47. The van der Waals surface area contributed by atoms with Crippen molar-refractivity contribution in [3.63, 3.8) is 0 Å². The van der Waals surface area contributed by atoms with Crippen molar-refractivity contribution in [1.29, 1.82) is 0 Å². The molecule has 1 fully saturated rings. The number of anilines is 2. The van der Waals surface area contributed by atoms with Gasteiger partial charge in [0.1, 0.15) is 0 Å². The Labute approximate surface area is 140 Å². The molecule has 1 saturated heterocycles. The lowest BCUT2D eigenvalue weighted by atomic mass is 10.1. The van der Waals surface area contributed by atoms with Crippen LogP contribution in [0, 0.1) is 0 Å². The van der Waals surface area contributed by atoms with Crippen molar-refractivity contribution in [2.75, 3.05) is 42.9 Å². The molecule has 0 saturated carbocycles. The molecule has 0 radical (unpaired) electrons. The topological polar surface area (TPSA) is 48.5 Å². The van der Waals surface area contributed by atoms with Gasteiger partial charge in [-0.05, 0) is 24.1 Å². The van der Waals surface area contributed by atoms with Crippen LogP contribution in [0.2, 0.25) is 0 Å². The van der Waals surface area contributed by atoms with Crippen LogP contribution in [0.15, 0.2) is 35.8 Å². The molecule has 0 unspecified atom stereocenters. The van der Waals surface area contributed by atoms with Gasteiger partial charge in [-0.3, -0.25) is 9.69 Å². The summed E-state index contributed by atoms with van der Waals surface area (Å²) in [5, 5.41) is 6.07. The molecular formula is C17H22N4OS. The number of amides is 1. The lowest BCUT2D eigenvalue weighted by Crippen LogP contribution is -2.48. The van der Waals surface area contributed by atoms with Gasteiger partial charge in [0.2, 0.25) is 5.91 Å². The number of nitrogens with zero attached hydrogens (tertiary/aromatic N) is 3. The molecule has 5 nitrogen and oxygen atoms in total. The number of carbonyl (C=O) groups is 1. The zero-order chi connectivity index (χ0) is 16.1. The Kier molecular flexibility index (Phi) is 5.25. The molecule has 0 spiro atoms. The molecule has 0 atom stereocenters. The number of aryl methyl sites for hydroxylation is 1. The Morgan fingerprint density at radius 1 is 1.30 bits per heavy atom. The number of carbonyl (C=O) groups excluding carboxylic acids is 1. The van der Waals surface area contributed by atoms with Crippen molar-refractivity contribution in [3.8, 4) is 0 Å². The second-order valence-electron chi connectivity index (χ2n) is 5.68. The third-order valence-electron chi connectivity index (χ3n) is 4.05. The lowest BCUT2D eigenvalue weighted by molar-refractivity contribution is -0.117. The molecular weight excluding hydrogens is 308 g/mol. The number of hydrogen-bond acceptors (Lipinski definition) is 5. The van der Waals surface area contributed by atoms with Gasteiger partial charge < -0.3 is 10.2 Å². The van der Waals surface area contributed by atoms with Gasteiger partial charge >= 0.3 is 0 Å². The van der Waals surface area contributed by atoms with Crippen molar-refractivity contribution in [2.24, 2.45) is 0 Å². The Morgan fingerprint density at radius 2 is 2.13 bits per heavy atom. The predicted molar refractivity (Wildman–Crippen MR) is 95.2 cm³/mol. The second kappa shape index (κ2) is 7.57. The molecule has 6 heteroatoms. The maximum atomic E-state index is 12.2. The smallest absolute Gasteiger partial charge is 0.238 e. The minimum atomic E-state index is 0.0564. The molecule has 2 heterocycles. The van der Waals surface area contributed by atoms with Gasteiger partial charge in [-0.25, -0.2) is 4.98 Å². The molecule has 3 rings (SSSR count). The summed E-state index contributed by atoms with van der Waals surface area (Å²) in [4.78, 5) is 21.0. The highest BCUT2D eigenvalue weighted by Gasteiger charge is 2.20. The highest BCUT2D eigenvalue weighted by atomic mass is 32.1. The van der Waals surface area contributed by atoms with E-state index in [-0.39, 0.29) is 5.91 Å². The van der Waals surface area contributed by atoms with Gasteiger partial charge in [0.15, 0.2) is 5.13 Å². The van der Waals surface area contributed by atoms with Crippen molar-refractivity contribution in [1.82, 2.24) is 9.88 Å². The fourth-order valence-corrected chi connectivity index (χ4v) is 3.44. The third kappa shape index (κ3) is 4.30. The van der Waals surface area contributed by atoms with E-state index >= 15 is 0 Å². The fraction of sp³-hybridized carbons (Fsp3) is 0.412. The number of nitrogens with one attached hydrogen (secondary N) is 1. The summed E-state index contributed by atoms with van der Waals surface area (Å²) in [6.45, 7) is 6.19. The van der Waals surface area contributed by atoms with Crippen LogP contribution < -0.4 is 10.2 Å². The first kappa shape index (κ1) is 16.0. The average Bonchev–Trinajstić information content (AvgIpc) is 3.10. The fourth-order valence-electron chi connectivity index (χ4n) is 2.74. The standard InChI is InChI=1S/C17H22N4OS/c1-2-14-4-3-5-15(12-14)19-16(22)13-20-7-9-21(10-8-20)17-18-6-11-23-17/h3-6,11-12H,2,7-10,13H2,1H3,(H,19,22). The van der Waals surface area contributed by atoms with Crippen LogP contribution in [0.5, 0.6) is 0 Å². The summed E-state index contributed by atoms with van der Waals surface area (Å²) in [6, 6.07) is 8.05. The lowest BCUT2D eigenvalue weighted by Gasteiger charge is -2.34.